The number of aromatic nitrogens is 7. The van der Waals surface area contributed by atoms with Crippen molar-refractivity contribution < 1.29 is 13.6 Å². The topological polar surface area (TPSA) is 118 Å². The Morgan fingerprint density at radius 1 is 1.25 bits per heavy atom. The number of anilines is 1. The molecule has 1 fully saturated rings. The number of aryl methyl sites for hydroxylation is 1. The standard InChI is InChI=1S/C20H21F2N9O/c1-10-26-18-19(31(10)9-15(21)22)28-14(7-24-18)12-5-23-17-13(12)6-25-20(29-17)27-11-3-4-16(32)30(2)8-11/h5-7,11,15H,3-4,8-9H2,1-2H3,(H2,23,25,27,29)/t11-/m1/s1. The number of likely N-dealkylation sites (tertiary alicyclic amines) is 1. The van der Waals surface area contributed by atoms with Gasteiger partial charge in [-0.3, -0.25) is 4.79 Å². The number of carbonyl (C=O) groups is 1. The van der Waals surface area contributed by atoms with Gasteiger partial charge in [0.05, 0.1) is 18.4 Å². The van der Waals surface area contributed by atoms with Gasteiger partial charge in [0.25, 0.3) is 6.43 Å². The molecule has 0 aromatic carbocycles. The van der Waals surface area contributed by atoms with E-state index in [4.69, 9.17) is 0 Å². The van der Waals surface area contributed by atoms with Crippen molar-refractivity contribution in [3.8, 4) is 11.3 Å². The number of piperidine rings is 1. The van der Waals surface area contributed by atoms with Crippen LogP contribution in [-0.2, 0) is 11.3 Å². The first-order valence-electron chi connectivity index (χ1n) is 10.2. The van der Waals surface area contributed by atoms with E-state index in [-0.39, 0.29) is 11.9 Å². The third-order valence-corrected chi connectivity index (χ3v) is 5.64. The number of nitrogens with one attached hydrogen (secondary N) is 2. The van der Waals surface area contributed by atoms with Gasteiger partial charge < -0.3 is 19.8 Å². The fraction of sp³-hybridized carbons (Fsp3) is 0.400. The molecule has 4 aromatic heterocycles. The maximum absolute atomic E-state index is 13.0. The molecule has 0 unspecified atom stereocenters. The largest absolute Gasteiger partial charge is 0.350 e. The number of hydrogen-bond acceptors (Lipinski definition) is 7. The zero-order valence-corrected chi connectivity index (χ0v) is 17.5. The summed E-state index contributed by atoms with van der Waals surface area (Å²) >= 11 is 0. The Balaban J connectivity index is 1.45. The second-order valence-electron chi connectivity index (χ2n) is 7.88. The van der Waals surface area contributed by atoms with Crippen molar-refractivity contribution in [2.75, 3.05) is 18.9 Å². The quantitative estimate of drug-likeness (QED) is 0.488. The molecule has 0 saturated carbocycles. The lowest BCUT2D eigenvalue weighted by atomic mass is 10.1. The SMILES string of the molecule is Cc1nc2ncc(-c3c[nH]c4nc(N[C@@H]5CCC(=O)N(C)C5)ncc34)nc2n1CC(F)F. The Morgan fingerprint density at radius 2 is 2.09 bits per heavy atom. The van der Waals surface area contributed by atoms with Crippen molar-refractivity contribution in [3.63, 3.8) is 0 Å². The van der Waals surface area contributed by atoms with Gasteiger partial charge in [-0.1, -0.05) is 0 Å². The Labute approximate surface area is 181 Å². The summed E-state index contributed by atoms with van der Waals surface area (Å²) in [5.41, 5.74) is 2.47. The molecule has 0 bridgehead atoms. The second kappa shape index (κ2) is 7.77. The highest BCUT2D eigenvalue weighted by atomic mass is 19.3. The molecule has 5 rings (SSSR count). The average Bonchev–Trinajstić information content (AvgIpc) is 3.31. The summed E-state index contributed by atoms with van der Waals surface area (Å²) in [7, 11) is 1.78. The average molecular weight is 441 g/mol. The highest BCUT2D eigenvalue weighted by Crippen LogP contribution is 2.28. The highest BCUT2D eigenvalue weighted by molar-refractivity contribution is 5.93. The van der Waals surface area contributed by atoms with Crippen LogP contribution in [0.3, 0.4) is 0 Å². The van der Waals surface area contributed by atoms with E-state index in [1.54, 1.807) is 37.5 Å². The van der Waals surface area contributed by atoms with Gasteiger partial charge in [0, 0.05) is 49.4 Å². The number of imidazole rings is 1. The van der Waals surface area contributed by atoms with Crippen LogP contribution in [-0.4, -0.2) is 71.3 Å². The molecule has 1 aliphatic rings. The summed E-state index contributed by atoms with van der Waals surface area (Å²) in [6.07, 6.45) is 3.68. The lowest BCUT2D eigenvalue weighted by molar-refractivity contribution is -0.132. The minimum atomic E-state index is -2.52. The lowest BCUT2D eigenvalue weighted by Crippen LogP contribution is -2.43. The van der Waals surface area contributed by atoms with Crippen LogP contribution >= 0.6 is 0 Å². The van der Waals surface area contributed by atoms with E-state index < -0.39 is 13.0 Å². The molecule has 1 aliphatic heterocycles. The summed E-state index contributed by atoms with van der Waals surface area (Å²) in [5.74, 6) is 1.04. The van der Waals surface area contributed by atoms with E-state index in [1.807, 2.05) is 0 Å². The molecule has 0 aliphatic carbocycles. The first-order valence-corrected chi connectivity index (χ1v) is 10.2. The van der Waals surface area contributed by atoms with Crippen LogP contribution in [0.5, 0.6) is 0 Å². The zero-order valence-electron chi connectivity index (χ0n) is 17.5. The Hall–Kier alpha value is -3.70. The van der Waals surface area contributed by atoms with Crippen molar-refractivity contribution in [2.24, 2.45) is 0 Å². The molecule has 12 heteroatoms. The number of halogens is 2. The second-order valence-corrected chi connectivity index (χ2v) is 7.88. The van der Waals surface area contributed by atoms with E-state index in [1.165, 1.54) is 4.57 Å². The Morgan fingerprint density at radius 3 is 2.88 bits per heavy atom. The molecule has 1 saturated heterocycles. The molecule has 0 radical (unpaired) electrons. The maximum atomic E-state index is 13.0. The fourth-order valence-electron chi connectivity index (χ4n) is 3.99. The van der Waals surface area contributed by atoms with E-state index in [0.29, 0.717) is 52.9 Å². The number of rotatable bonds is 5. The van der Waals surface area contributed by atoms with E-state index in [0.717, 1.165) is 11.8 Å². The number of H-pyrrole nitrogens is 1. The summed E-state index contributed by atoms with van der Waals surface area (Å²) < 4.78 is 27.4. The van der Waals surface area contributed by atoms with E-state index in [2.05, 4.69) is 35.2 Å². The maximum Gasteiger partial charge on any atom is 0.256 e. The predicted octanol–water partition coefficient (Wildman–Crippen LogP) is 2.37. The molecule has 1 amide bonds. The van der Waals surface area contributed by atoms with Crippen LogP contribution in [0.1, 0.15) is 18.7 Å². The summed E-state index contributed by atoms with van der Waals surface area (Å²) in [6, 6.07) is 0.0798. The van der Waals surface area contributed by atoms with Crippen LogP contribution in [0.4, 0.5) is 14.7 Å². The van der Waals surface area contributed by atoms with Crippen molar-refractivity contribution in [3.05, 3.63) is 24.4 Å². The van der Waals surface area contributed by atoms with E-state index in [9.17, 15) is 13.6 Å². The number of fused-ring (bicyclic) bond motifs is 2. The van der Waals surface area contributed by atoms with Gasteiger partial charge in [-0.25, -0.2) is 28.7 Å². The van der Waals surface area contributed by atoms with Gasteiger partial charge in [-0.05, 0) is 13.3 Å². The summed E-state index contributed by atoms with van der Waals surface area (Å²) in [4.78, 5) is 38.5. The van der Waals surface area contributed by atoms with Crippen LogP contribution in [0.2, 0.25) is 0 Å². The molecule has 4 aromatic rings. The van der Waals surface area contributed by atoms with Gasteiger partial charge in [0.15, 0.2) is 11.3 Å². The number of nitrogens with zero attached hydrogens (tertiary/aromatic N) is 7. The van der Waals surface area contributed by atoms with Gasteiger partial charge >= 0.3 is 0 Å². The lowest BCUT2D eigenvalue weighted by Gasteiger charge is -2.30. The number of aromatic amines is 1. The van der Waals surface area contributed by atoms with E-state index >= 15 is 0 Å². The van der Waals surface area contributed by atoms with Crippen LogP contribution in [0, 0.1) is 6.92 Å². The first-order chi connectivity index (χ1) is 15.4. The summed E-state index contributed by atoms with van der Waals surface area (Å²) in [5, 5.41) is 4.01. The van der Waals surface area contributed by atoms with Crippen LogP contribution in [0.15, 0.2) is 18.6 Å². The molecular formula is C20H21F2N9O. The van der Waals surface area contributed by atoms with Crippen molar-refractivity contribution >= 4 is 34.2 Å². The minimum Gasteiger partial charge on any atom is -0.350 e. The summed E-state index contributed by atoms with van der Waals surface area (Å²) in [6.45, 7) is 1.76. The monoisotopic (exact) mass is 441 g/mol. The fourth-order valence-corrected chi connectivity index (χ4v) is 3.99. The van der Waals surface area contributed by atoms with Crippen molar-refractivity contribution in [2.45, 2.75) is 38.8 Å². The molecule has 1 atom stereocenters. The molecule has 32 heavy (non-hydrogen) atoms. The predicted molar refractivity (Wildman–Crippen MR) is 113 cm³/mol. The van der Waals surface area contributed by atoms with Gasteiger partial charge in [0.1, 0.15) is 11.5 Å². The number of alkyl halides is 2. The highest BCUT2D eigenvalue weighted by Gasteiger charge is 2.23. The van der Waals surface area contributed by atoms with Gasteiger partial charge in [-0.15, -0.1) is 0 Å². The Kier molecular flexibility index (Phi) is 4.91. The zero-order chi connectivity index (χ0) is 22.4. The van der Waals surface area contributed by atoms with Gasteiger partial charge in [0.2, 0.25) is 11.9 Å². The minimum absolute atomic E-state index is 0.0798. The van der Waals surface area contributed by atoms with Crippen molar-refractivity contribution in [1.29, 1.82) is 0 Å². The van der Waals surface area contributed by atoms with Crippen LogP contribution < -0.4 is 5.32 Å². The Bertz CT molecular complexity index is 1320. The molecule has 5 heterocycles. The number of hydrogen-bond donors (Lipinski definition) is 2. The number of amides is 1. The third kappa shape index (κ3) is 3.61. The number of likely N-dealkylation sites (N-methyl/N-ethyl adjacent to an activating group) is 1. The van der Waals surface area contributed by atoms with Crippen molar-refractivity contribution in [1.82, 2.24) is 39.4 Å². The third-order valence-electron chi connectivity index (χ3n) is 5.64. The molecule has 10 nitrogen and oxygen atoms in total. The molecule has 166 valence electrons. The normalized spacial score (nSPS) is 17.1. The molecule has 2 N–H and O–H groups in total. The molecular weight excluding hydrogens is 420 g/mol. The van der Waals surface area contributed by atoms with Crippen LogP contribution in [0.25, 0.3) is 33.6 Å². The molecule has 0 spiro atoms. The van der Waals surface area contributed by atoms with Gasteiger partial charge in [-0.2, -0.15) is 4.98 Å². The number of carbonyl (C=O) groups excluding carboxylic acids is 1. The smallest absolute Gasteiger partial charge is 0.256 e. The first kappa shape index (κ1) is 20.2.